The summed E-state index contributed by atoms with van der Waals surface area (Å²) in [6, 6.07) is 11.5. The first-order chi connectivity index (χ1) is 12.4. The summed E-state index contributed by atoms with van der Waals surface area (Å²) < 4.78 is 22.4. The van der Waals surface area contributed by atoms with Gasteiger partial charge in [0.25, 0.3) is 5.91 Å². The number of carbonyl (C=O) groups excluding carboxylic acids is 1. The molecule has 134 valence electrons. The van der Waals surface area contributed by atoms with Crippen LogP contribution in [0.1, 0.15) is 16.1 Å². The molecule has 0 unspecified atom stereocenters. The van der Waals surface area contributed by atoms with Gasteiger partial charge in [-0.05, 0) is 42.3 Å². The molecule has 3 aromatic rings. The molecule has 1 amide bonds. The summed E-state index contributed by atoms with van der Waals surface area (Å²) in [6.45, 7) is 0.398. The second-order valence-electron chi connectivity index (χ2n) is 5.60. The number of benzene rings is 1. The number of aromatic amines is 1. The van der Waals surface area contributed by atoms with Crippen molar-refractivity contribution >= 4 is 15.9 Å². The minimum absolute atomic E-state index is 0.0608. The fourth-order valence-electron chi connectivity index (χ4n) is 2.36. The van der Waals surface area contributed by atoms with Crippen LogP contribution < -0.4 is 10.5 Å². The average molecular weight is 371 g/mol. The lowest BCUT2D eigenvalue weighted by atomic mass is 10.1. The molecule has 9 heteroatoms. The monoisotopic (exact) mass is 371 g/mol. The molecule has 1 aromatic carbocycles. The predicted octanol–water partition coefficient (Wildman–Crippen LogP) is 1.09. The molecule has 0 aliphatic rings. The molecule has 8 nitrogen and oxygen atoms in total. The van der Waals surface area contributed by atoms with E-state index in [0.717, 1.165) is 11.1 Å². The van der Waals surface area contributed by atoms with Gasteiger partial charge < -0.3 is 5.32 Å². The van der Waals surface area contributed by atoms with Crippen LogP contribution >= 0.6 is 0 Å². The lowest BCUT2D eigenvalue weighted by Gasteiger charge is -2.05. The largest absolute Gasteiger partial charge is 0.350 e. The summed E-state index contributed by atoms with van der Waals surface area (Å²) in [7, 11) is -3.70. The van der Waals surface area contributed by atoms with Crippen LogP contribution in [0.15, 0.2) is 59.8 Å². The highest BCUT2D eigenvalue weighted by atomic mass is 32.2. The van der Waals surface area contributed by atoms with Crippen molar-refractivity contribution in [3.63, 3.8) is 0 Å². The number of pyridine rings is 1. The fourth-order valence-corrected chi connectivity index (χ4v) is 2.88. The number of nitrogens with two attached hydrogens (primary N) is 1. The molecule has 0 atom stereocenters. The predicted molar refractivity (Wildman–Crippen MR) is 95.7 cm³/mol. The number of rotatable bonds is 6. The Hall–Kier alpha value is -3.04. The van der Waals surface area contributed by atoms with Gasteiger partial charge in [0.15, 0.2) is 0 Å². The Kier molecular flexibility index (Phi) is 5.10. The van der Waals surface area contributed by atoms with Gasteiger partial charge in [0.1, 0.15) is 5.69 Å². The molecule has 4 N–H and O–H groups in total. The maximum absolute atomic E-state index is 12.2. The van der Waals surface area contributed by atoms with Crippen LogP contribution in [0.3, 0.4) is 0 Å². The Morgan fingerprint density at radius 3 is 2.62 bits per heavy atom. The quantitative estimate of drug-likeness (QED) is 0.597. The van der Waals surface area contributed by atoms with Crippen molar-refractivity contribution in [3.05, 3.63) is 66.1 Å². The third-order valence-corrected chi connectivity index (χ3v) is 4.66. The van der Waals surface area contributed by atoms with Crippen molar-refractivity contribution < 1.29 is 13.2 Å². The van der Waals surface area contributed by atoms with Crippen LogP contribution in [-0.2, 0) is 16.4 Å². The zero-order valence-electron chi connectivity index (χ0n) is 13.7. The summed E-state index contributed by atoms with van der Waals surface area (Å²) in [5.41, 5.74) is 2.70. The number of aromatic nitrogens is 3. The standard InChI is InChI=1S/C17H17N5O3S/c18-26(24,25)14-5-3-12(4-6-14)7-9-20-17(23)16-10-15(21-22-16)13-2-1-8-19-11-13/h1-6,8,10-11H,7,9H2,(H,20,23)(H,21,22)(H2,18,24,25). The summed E-state index contributed by atoms with van der Waals surface area (Å²) >= 11 is 0. The Morgan fingerprint density at radius 2 is 1.96 bits per heavy atom. The van der Waals surface area contributed by atoms with Crippen LogP contribution in [0.5, 0.6) is 0 Å². The van der Waals surface area contributed by atoms with Gasteiger partial charge in [-0.3, -0.25) is 14.9 Å². The maximum Gasteiger partial charge on any atom is 0.269 e. The molecule has 0 saturated heterocycles. The highest BCUT2D eigenvalue weighted by molar-refractivity contribution is 7.89. The number of nitrogens with one attached hydrogen (secondary N) is 2. The normalized spacial score (nSPS) is 11.3. The van der Waals surface area contributed by atoms with Gasteiger partial charge in [-0.15, -0.1) is 0 Å². The minimum Gasteiger partial charge on any atom is -0.350 e. The number of amides is 1. The van der Waals surface area contributed by atoms with Crippen molar-refractivity contribution in [1.82, 2.24) is 20.5 Å². The molecule has 0 aliphatic carbocycles. The lowest BCUT2D eigenvalue weighted by molar-refractivity contribution is 0.0949. The van der Waals surface area contributed by atoms with E-state index in [2.05, 4.69) is 20.5 Å². The van der Waals surface area contributed by atoms with E-state index >= 15 is 0 Å². The minimum atomic E-state index is -3.70. The third kappa shape index (κ3) is 4.32. The first-order valence-corrected chi connectivity index (χ1v) is 9.34. The Labute approximate surface area is 150 Å². The number of carbonyl (C=O) groups is 1. The van der Waals surface area contributed by atoms with Crippen molar-refractivity contribution in [2.45, 2.75) is 11.3 Å². The topological polar surface area (TPSA) is 131 Å². The van der Waals surface area contributed by atoms with E-state index in [-0.39, 0.29) is 10.8 Å². The lowest BCUT2D eigenvalue weighted by Crippen LogP contribution is -2.26. The van der Waals surface area contributed by atoms with Gasteiger partial charge in [-0.2, -0.15) is 5.10 Å². The van der Waals surface area contributed by atoms with E-state index in [1.807, 2.05) is 6.07 Å². The first kappa shape index (κ1) is 17.8. The molecule has 2 heterocycles. The number of sulfonamides is 1. The fraction of sp³-hybridized carbons (Fsp3) is 0.118. The first-order valence-electron chi connectivity index (χ1n) is 7.79. The number of hydrogen-bond acceptors (Lipinski definition) is 5. The molecule has 2 aromatic heterocycles. The summed E-state index contributed by atoms with van der Waals surface area (Å²) in [5, 5.41) is 14.7. The van der Waals surface area contributed by atoms with Crippen molar-refractivity contribution in [2.75, 3.05) is 6.54 Å². The Balaban J connectivity index is 1.55. The molecule has 0 fully saturated rings. The molecule has 26 heavy (non-hydrogen) atoms. The molecule has 0 bridgehead atoms. The number of primary sulfonamides is 1. The van der Waals surface area contributed by atoms with Crippen LogP contribution in [0.2, 0.25) is 0 Å². The van der Waals surface area contributed by atoms with Gasteiger partial charge >= 0.3 is 0 Å². The Morgan fingerprint density at radius 1 is 1.19 bits per heavy atom. The molecule has 3 rings (SSSR count). The van der Waals surface area contributed by atoms with Crippen molar-refractivity contribution in [3.8, 4) is 11.3 Å². The van der Waals surface area contributed by atoms with Gasteiger partial charge in [0.05, 0.1) is 10.6 Å². The van der Waals surface area contributed by atoms with E-state index in [4.69, 9.17) is 5.14 Å². The van der Waals surface area contributed by atoms with E-state index in [1.54, 1.807) is 36.7 Å². The van der Waals surface area contributed by atoms with E-state index in [9.17, 15) is 13.2 Å². The molecule has 0 radical (unpaired) electrons. The number of nitrogens with zero attached hydrogens (tertiary/aromatic N) is 2. The van der Waals surface area contributed by atoms with Crippen molar-refractivity contribution in [1.29, 1.82) is 0 Å². The van der Waals surface area contributed by atoms with Gasteiger partial charge in [0, 0.05) is 24.5 Å². The zero-order valence-corrected chi connectivity index (χ0v) is 14.5. The maximum atomic E-state index is 12.2. The van der Waals surface area contributed by atoms with E-state index in [1.165, 1.54) is 12.1 Å². The molecular formula is C17H17N5O3S. The molecule has 0 aliphatic heterocycles. The van der Waals surface area contributed by atoms with Crippen LogP contribution in [0.25, 0.3) is 11.3 Å². The molecule has 0 saturated carbocycles. The second kappa shape index (κ2) is 7.46. The van der Waals surface area contributed by atoms with Gasteiger partial charge in [-0.25, -0.2) is 13.6 Å². The smallest absolute Gasteiger partial charge is 0.269 e. The zero-order chi connectivity index (χ0) is 18.6. The average Bonchev–Trinajstić information content (AvgIpc) is 3.12. The third-order valence-electron chi connectivity index (χ3n) is 3.73. The summed E-state index contributed by atoms with van der Waals surface area (Å²) in [5.74, 6) is -0.270. The molecule has 0 spiro atoms. The highest BCUT2D eigenvalue weighted by Crippen LogP contribution is 2.15. The van der Waals surface area contributed by atoms with E-state index in [0.29, 0.717) is 24.4 Å². The van der Waals surface area contributed by atoms with Crippen LogP contribution in [0.4, 0.5) is 0 Å². The van der Waals surface area contributed by atoms with E-state index < -0.39 is 10.0 Å². The number of H-pyrrole nitrogens is 1. The van der Waals surface area contributed by atoms with Crippen molar-refractivity contribution in [2.24, 2.45) is 5.14 Å². The van der Waals surface area contributed by atoms with Gasteiger partial charge in [0.2, 0.25) is 10.0 Å². The summed E-state index contributed by atoms with van der Waals surface area (Å²) in [6.07, 6.45) is 3.89. The van der Waals surface area contributed by atoms with Crippen LogP contribution in [0, 0.1) is 0 Å². The molecular weight excluding hydrogens is 354 g/mol. The summed E-state index contributed by atoms with van der Waals surface area (Å²) in [4.78, 5) is 16.3. The SMILES string of the molecule is NS(=O)(=O)c1ccc(CCNC(=O)c2cc(-c3cccnc3)n[nH]2)cc1. The van der Waals surface area contributed by atoms with Crippen LogP contribution in [-0.4, -0.2) is 36.1 Å². The second-order valence-corrected chi connectivity index (χ2v) is 7.16. The Bertz CT molecular complexity index is 998. The number of hydrogen-bond donors (Lipinski definition) is 3. The highest BCUT2D eigenvalue weighted by Gasteiger charge is 2.11. The van der Waals surface area contributed by atoms with Gasteiger partial charge in [-0.1, -0.05) is 12.1 Å².